The van der Waals surface area contributed by atoms with E-state index in [9.17, 15) is 9.90 Å². The Morgan fingerprint density at radius 3 is 3.09 bits per heavy atom. The summed E-state index contributed by atoms with van der Waals surface area (Å²) >= 11 is 1.73. The van der Waals surface area contributed by atoms with E-state index in [-0.39, 0.29) is 17.4 Å². The molecule has 180 valence electrons. The van der Waals surface area contributed by atoms with Gasteiger partial charge in [-0.2, -0.15) is 0 Å². The number of hydrogen-bond acceptors (Lipinski definition) is 6. The first kappa shape index (κ1) is 22.3. The summed E-state index contributed by atoms with van der Waals surface area (Å²) in [6, 6.07) is 6.24. The molecule has 0 saturated heterocycles. The fraction of sp³-hybridized carbons (Fsp3) is 0.536. The van der Waals surface area contributed by atoms with Crippen LogP contribution in [0.2, 0.25) is 0 Å². The van der Waals surface area contributed by atoms with E-state index < -0.39 is 6.10 Å². The van der Waals surface area contributed by atoms with Gasteiger partial charge in [-0.15, -0.1) is 11.3 Å². The molecule has 4 atom stereocenters. The van der Waals surface area contributed by atoms with Gasteiger partial charge in [0.15, 0.2) is 17.3 Å². The number of carbonyl (C=O) groups is 1. The summed E-state index contributed by atoms with van der Waals surface area (Å²) in [4.78, 5) is 16.6. The third-order valence-corrected chi connectivity index (χ3v) is 9.39. The van der Waals surface area contributed by atoms with Crippen LogP contribution in [0.5, 0.6) is 11.5 Å². The Balaban J connectivity index is 1.13. The SMILES string of the molecule is COc1ccc2c3c1O[C@H]1C[C@@H](O)C=C[C@@]31CCN(CCCCC1CCc3sccc3C1=O)C2. The van der Waals surface area contributed by atoms with Crippen molar-refractivity contribution in [2.75, 3.05) is 20.2 Å². The first-order valence-corrected chi connectivity index (χ1v) is 13.5. The summed E-state index contributed by atoms with van der Waals surface area (Å²) in [5.41, 5.74) is 3.38. The van der Waals surface area contributed by atoms with Crippen molar-refractivity contribution in [3.63, 3.8) is 0 Å². The van der Waals surface area contributed by atoms with E-state index in [1.807, 2.05) is 18.2 Å². The molecule has 2 aliphatic heterocycles. The van der Waals surface area contributed by atoms with Crippen LogP contribution in [0, 0.1) is 5.92 Å². The number of fused-ring (bicyclic) bond motifs is 1. The van der Waals surface area contributed by atoms with E-state index in [0.29, 0.717) is 12.2 Å². The lowest BCUT2D eigenvalue weighted by molar-refractivity contribution is 0.0809. The zero-order valence-electron chi connectivity index (χ0n) is 19.8. The molecule has 0 radical (unpaired) electrons. The van der Waals surface area contributed by atoms with Crippen LogP contribution >= 0.6 is 11.3 Å². The van der Waals surface area contributed by atoms with Gasteiger partial charge in [-0.05, 0) is 68.3 Å². The van der Waals surface area contributed by atoms with Gasteiger partial charge in [-0.3, -0.25) is 9.69 Å². The number of methoxy groups -OCH3 is 1. The Hall–Kier alpha value is -2.15. The topological polar surface area (TPSA) is 59.0 Å². The van der Waals surface area contributed by atoms with Gasteiger partial charge in [0, 0.05) is 34.9 Å². The van der Waals surface area contributed by atoms with Crippen molar-refractivity contribution in [2.24, 2.45) is 5.92 Å². The van der Waals surface area contributed by atoms with Gasteiger partial charge in [0.25, 0.3) is 0 Å². The van der Waals surface area contributed by atoms with Gasteiger partial charge in [0.1, 0.15) is 6.10 Å². The zero-order valence-corrected chi connectivity index (χ0v) is 20.6. The van der Waals surface area contributed by atoms with Crippen molar-refractivity contribution in [1.29, 1.82) is 0 Å². The van der Waals surface area contributed by atoms with Gasteiger partial charge >= 0.3 is 0 Å². The fourth-order valence-corrected chi connectivity index (χ4v) is 7.50. The number of aliphatic hydroxyl groups excluding tert-OH is 1. The highest BCUT2D eigenvalue weighted by molar-refractivity contribution is 7.10. The number of Topliss-reactive ketones (excluding diaryl/α,β-unsaturated/α-hetero) is 1. The van der Waals surface area contributed by atoms with E-state index >= 15 is 0 Å². The molecule has 5 nitrogen and oxygen atoms in total. The summed E-state index contributed by atoms with van der Waals surface area (Å²) in [7, 11) is 1.69. The Morgan fingerprint density at radius 1 is 1.29 bits per heavy atom. The maximum atomic E-state index is 12.8. The molecule has 4 aliphatic rings. The second kappa shape index (κ2) is 8.81. The summed E-state index contributed by atoms with van der Waals surface area (Å²) in [6.45, 7) is 2.94. The minimum Gasteiger partial charge on any atom is -0.493 e. The normalized spacial score (nSPS) is 29.7. The molecule has 6 rings (SSSR count). The van der Waals surface area contributed by atoms with Gasteiger partial charge in [-0.25, -0.2) is 0 Å². The molecule has 0 fully saturated rings. The van der Waals surface area contributed by atoms with Crippen LogP contribution in [-0.4, -0.2) is 48.2 Å². The van der Waals surface area contributed by atoms with Crippen molar-refractivity contribution in [1.82, 2.24) is 4.90 Å². The van der Waals surface area contributed by atoms with E-state index in [4.69, 9.17) is 9.47 Å². The smallest absolute Gasteiger partial charge is 0.167 e. The average Bonchev–Trinajstić information content (AvgIpc) is 3.41. The number of thiophene rings is 1. The Labute approximate surface area is 205 Å². The van der Waals surface area contributed by atoms with Crippen LogP contribution in [0.3, 0.4) is 0 Å². The maximum Gasteiger partial charge on any atom is 0.167 e. The van der Waals surface area contributed by atoms with Gasteiger partial charge in [0.2, 0.25) is 0 Å². The van der Waals surface area contributed by atoms with E-state index in [1.165, 1.54) is 16.0 Å². The fourth-order valence-electron chi connectivity index (χ4n) is 6.60. The summed E-state index contributed by atoms with van der Waals surface area (Å²) in [5.74, 6) is 2.23. The highest BCUT2D eigenvalue weighted by Gasteiger charge is 2.52. The number of aliphatic hydroxyl groups is 1. The average molecular weight is 480 g/mol. The molecule has 0 amide bonds. The van der Waals surface area contributed by atoms with E-state index in [2.05, 4.69) is 22.4 Å². The summed E-state index contributed by atoms with van der Waals surface area (Å²) < 4.78 is 12.1. The minimum absolute atomic E-state index is 0.0446. The standard InChI is InChI=1S/C28H33NO4S/c1-32-22-7-5-19-17-29(13-3-2-4-18-6-8-23-21(26(18)31)10-15-34-23)14-12-28-11-9-20(30)16-24(28)33-27(22)25(19)28/h5,7,9-11,15,18,20,24,30H,2-4,6,8,12-14,16-17H2,1H3/t18?,20-,24-,28-/m0/s1. The number of nitrogens with zero attached hydrogens (tertiary/aromatic N) is 1. The Kier molecular flexibility index (Phi) is 5.79. The van der Waals surface area contributed by atoms with Crippen LogP contribution < -0.4 is 9.47 Å². The van der Waals surface area contributed by atoms with Crippen molar-refractivity contribution in [3.8, 4) is 11.5 Å². The van der Waals surface area contributed by atoms with Crippen molar-refractivity contribution in [2.45, 2.75) is 69.1 Å². The molecule has 1 N–H and O–H groups in total. The predicted molar refractivity (Wildman–Crippen MR) is 133 cm³/mol. The number of hydrogen-bond donors (Lipinski definition) is 1. The Morgan fingerprint density at radius 2 is 2.21 bits per heavy atom. The number of benzene rings is 1. The molecule has 1 unspecified atom stereocenters. The molecule has 1 aromatic heterocycles. The predicted octanol–water partition coefficient (Wildman–Crippen LogP) is 4.90. The van der Waals surface area contributed by atoms with Gasteiger partial charge in [0.05, 0.1) is 18.6 Å². The number of aryl methyl sites for hydroxylation is 1. The van der Waals surface area contributed by atoms with Crippen LogP contribution in [0.1, 0.15) is 64.9 Å². The van der Waals surface area contributed by atoms with Gasteiger partial charge < -0.3 is 14.6 Å². The maximum absolute atomic E-state index is 12.8. The number of carbonyl (C=O) groups excluding carboxylic acids is 1. The lowest BCUT2D eigenvalue weighted by atomic mass is 9.69. The largest absolute Gasteiger partial charge is 0.493 e. The summed E-state index contributed by atoms with van der Waals surface area (Å²) in [6.07, 6.45) is 10.5. The molecule has 2 aromatic rings. The van der Waals surface area contributed by atoms with Gasteiger partial charge in [-0.1, -0.05) is 24.6 Å². The second-order valence-corrected chi connectivity index (χ2v) is 11.3. The zero-order chi connectivity index (χ0) is 23.3. The Bertz CT molecular complexity index is 1120. The van der Waals surface area contributed by atoms with E-state index in [0.717, 1.165) is 75.2 Å². The molecule has 3 heterocycles. The van der Waals surface area contributed by atoms with Crippen LogP contribution in [0.25, 0.3) is 0 Å². The molecule has 1 spiro atoms. The lowest BCUT2D eigenvalue weighted by Crippen LogP contribution is -2.43. The molecule has 0 bridgehead atoms. The third-order valence-electron chi connectivity index (χ3n) is 8.41. The molecule has 34 heavy (non-hydrogen) atoms. The van der Waals surface area contributed by atoms with Crippen LogP contribution in [0.15, 0.2) is 35.7 Å². The molecule has 1 aromatic carbocycles. The molecule has 0 saturated carbocycles. The molecule has 2 aliphatic carbocycles. The number of rotatable bonds is 6. The van der Waals surface area contributed by atoms with Crippen molar-refractivity contribution >= 4 is 17.1 Å². The second-order valence-electron chi connectivity index (χ2n) is 10.3. The van der Waals surface area contributed by atoms with Crippen LogP contribution in [-0.2, 0) is 18.4 Å². The van der Waals surface area contributed by atoms with Crippen LogP contribution in [0.4, 0.5) is 0 Å². The molecular weight excluding hydrogens is 446 g/mol. The van der Waals surface area contributed by atoms with E-state index in [1.54, 1.807) is 18.4 Å². The first-order chi connectivity index (χ1) is 16.6. The number of ether oxygens (including phenoxy) is 2. The summed E-state index contributed by atoms with van der Waals surface area (Å²) in [5, 5.41) is 12.3. The number of unbranched alkanes of at least 4 members (excludes halogenated alkanes) is 1. The highest BCUT2D eigenvalue weighted by Crippen LogP contribution is 2.55. The highest BCUT2D eigenvalue weighted by atomic mass is 32.1. The first-order valence-electron chi connectivity index (χ1n) is 12.7. The quantitative estimate of drug-likeness (QED) is 0.472. The van der Waals surface area contributed by atoms with Crippen molar-refractivity contribution < 1.29 is 19.4 Å². The third kappa shape index (κ3) is 3.62. The lowest BCUT2D eigenvalue weighted by Gasteiger charge is -2.36. The minimum atomic E-state index is -0.452. The number of ketones is 1. The van der Waals surface area contributed by atoms with Crippen molar-refractivity contribution in [3.05, 3.63) is 57.3 Å². The molecular formula is C28H33NO4S. The monoisotopic (exact) mass is 479 g/mol. The molecule has 6 heteroatoms.